The molecule has 2 aromatic rings. The second kappa shape index (κ2) is 6.19. The standard InChI is InChI=1S/C14H11BrFNO4/c1-8(18)9-4-2-6-11(16)13(9)21-14-10(15)5-3-7-12(14)17(19)20/h2-8,18H,1H3/t8-/m1/s1. The van der Waals surface area contributed by atoms with Gasteiger partial charge in [0.15, 0.2) is 11.6 Å². The van der Waals surface area contributed by atoms with Gasteiger partial charge in [-0.05, 0) is 35.0 Å². The van der Waals surface area contributed by atoms with E-state index in [-0.39, 0.29) is 22.7 Å². The van der Waals surface area contributed by atoms with Crippen LogP contribution in [0.1, 0.15) is 18.6 Å². The lowest BCUT2D eigenvalue weighted by Crippen LogP contribution is -2.01. The maximum atomic E-state index is 13.9. The van der Waals surface area contributed by atoms with Gasteiger partial charge in [0.25, 0.3) is 0 Å². The maximum Gasteiger partial charge on any atom is 0.312 e. The summed E-state index contributed by atoms with van der Waals surface area (Å²) in [6, 6.07) is 8.36. The molecule has 0 aliphatic heterocycles. The number of rotatable bonds is 4. The maximum absolute atomic E-state index is 13.9. The van der Waals surface area contributed by atoms with Crippen LogP contribution in [0.25, 0.3) is 0 Å². The molecule has 0 aromatic heterocycles. The van der Waals surface area contributed by atoms with E-state index in [4.69, 9.17) is 4.74 Å². The first-order valence-electron chi connectivity index (χ1n) is 5.99. The minimum atomic E-state index is -0.975. The molecule has 1 N–H and O–H groups in total. The second-order valence-electron chi connectivity index (χ2n) is 4.28. The number of aliphatic hydroxyl groups excluding tert-OH is 1. The van der Waals surface area contributed by atoms with Crippen molar-refractivity contribution in [1.82, 2.24) is 0 Å². The molecule has 0 spiro atoms. The minimum Gasteiger partial charge on any atom is -0.445 e. The highest BCUT2D eigenvalue weighted by atomic mass is 79.9. The summed E-state index contributed by atoms with van der Waals surface area (Å²) in [7, 11) is 0. The number of ether oxygens (including phenoxy) is 1. The predicted octanol–water partition coefficient (Wildman–Crippen LogP) is 4.34. The summed E-state index contributed by atoms with van der Waals surface area (Å²) in [6.07, 6.45) is -0.975. The molecule has 1 atom stereocenters. The molecule has 0 saturated carbocycles. The van der Waals surface area contributed by atoms with Gasteiger partial charge < -0.3 is 9.84 Å². The number of para-hydroxylation sites is 2. The van der Waals surface area contributed by atoms with Crippen molar-refractivity contribution in [2.24, 2.45) is 0 Å². The van der Waals surface area contributed by atoms with Gasteiger partial charge in [-0.3, -0.25) is 10.1 Å². The van der Waals surface area contributed by atoms with Gasteiger partial charge in [-0.2, -0.15) is 0 Å². The Hall–Kier alpha value is -1.99. The average molecular weight is 356 g/mol. The predicted molar refractivity (Wildman–Crippen MR) is 77.9 cm³/mol. The van der Waals surface area contributed by atoms with Gasteiger partial charge in [0.05, 0.1) is 15.5 Å². The third kappa shape index (κ3) is 3.20. The molecule has 0 saturated heterocycles. The van der Waals surface area contributed by atoms with Crippen molar-refractivity contribution >= 4 is 21.6 Å². The molecule has 0 bridgehead atoms. The van der Waals surface area contributed by atoms with Gasteiger partial charge >= 0.3 is 5.69 Å². The molecule has 0 aliphatic rings. The van der Waals surface area contributed by atoms with Crippen LogP contribution in [0.2, 0.25) is 0 Å². The van der Waals surface area contributed by atoms with Crippen LogP contribution >= 0.6 is 15.9 Å². The van der Waals surface area contributed by atoms with Crippen molar-refractivity contribution in [2.45, 2.75) is 13.0 Å². The van der Waals surface area contributed by atoms with Gasteiger partial charge in [0, 0.05) is 11.6 Å². The lowest BCUT2D eigenvalue weighted by Gasteiger charge is -2.14. The van der Waals surface area contributed by atoms with E-state index < -0.39 is 16.8 Å². The van der Waals surface area contributed by atoms with Gasteiger partial charge in [-0.25, -0.2) is 4.39 Å². The summed E-state index contributed by atoms with van der Waals surface area (Å²) < 4.78 is 19.7. The van der Waals surface area contributed by atoms with Crippen LogP contribution in [-0.2, 0) is 0 Å². The zero-order chi connectivity index (χ0) is 15.6. The van der Waals surface area contributed by atoms with Crippen molar-refractivity contribution in [1.29, 1.82) is 0 Å². The van der Waals surface area contributed by atoms with Crippen LogP contribution in [0, 0.1) is 15.9 Å². The molecule has 0 fully saturated rings. The topological polar surface area (TPSA) is 72.6 Å². The third-order valence-electron chi connectivity index (χ3n) is 2.79. The molecular formula is C14H11BrFNO4. The van der Waals surface area contributed by atoms with Crippen molar-refractivity contribution in [2.75, 3.05) is 0 Å². The first-order chi connectivity index (χ1) is 9.91. The van der Waals surface area contributed by atoms with Crippen molar-refractivity contribution in [3.63, 3.8) is 0 Å². The SMILES string of the molecule is C[C@@H](O)c1cccc(F)c1Oc1c(Br)cccc1[N+](=O)[O-]. The largest absolute Gasteiger partial charge is 0.445 e. The summed E-state index contributed by atoms with van der Waals surface area (Å²) in [4.78, 5) is 10.4. The Morgan fingerprint density at radius 1 is 1.29 bits per heavy atom. The summed E-state index contributed by atoms with van der Waals surface area (Å²) in [5.74, 6) is -1.06. The molecule has 7 heteroatoms. The van der Waals surface area contributed by atoms with Gasteiger partial charge in [0.1, 0.15) is 0 Å². The highest BCUT2D eigenvalue weighted by Crippen LogP contribution is 2.40. The summed E-state index contributed by atoms with van der Waals surface area (Å²) >= 11 is 3.14. The summed E-state index contributed by atoms with van der Waals surface area (Å²) in [5, 5.41) is 20.7. The normalized spacial score (nSPS) is 12.0. The van der Waals surface area contributed by atoms with Crippen molar-refractivity contribution in [3.05, 3.63) is 62.4 Å². The van der Waals surface area contributed by atoms with E-state index >= 15 is 0 Å². The van der Waals surface area contributed by atoms with E-state index in [1.165, 1.54) is 31.2 Å². The van der Waals surface area contributed by atoms with E-state index in [1.54, 1.807) is 6.07 Å². The molecule has 2 aromatic carbocycles. The van der Waals surface area contributed by atoms with E-state index in [2.05, 4.69) is 15.9 Å². The number of benzene rings is 2. The van der Waals surface area contributed by atoms with Crippen LogP contribution in [0.15, 0.2) is 40.9 Å². The number of hydrogen-bond acceptors (Lipinski definition) is 4. The number of nitro benzene ring substituents is 1. The molecule has 2 rings (SSSR count). The smallest absolute Gasteiger partial charge is 0.312 e. The zero-order valence-electron chi connectivity index (χ0n) is 10.9. The molecule has 110 valence electrons. The van der Waals surface area contributed by atoms with Crippen molar-refractivity contribution in [3.8, 4) is 11.5 Å². The molecule has 21 heavy (non-hydrogen) atoms. The summed E-state index contributed by atoms with van der Waals surface area (Å²) in [5.41, 5.74) is -0.0933. The van der Waals surface area contributed by atoms with Crippen molar-refractivity contribution < 1.29 is 19.2 Å². The van der Waals surface area contributed by atoms with E-state index in [1.807, 2.05) is 0 Å². The monoisotopic (exact) mass is 355 g/mol. The fraction of sp³-hybridized carbons (Fsp3) is 0.143. The molecule has 0 heterocycles. The number of halogens is 2. The van der Waals surface area contributed by atoms with Crippen LogP contribution in [0.5, 0.6) is 11.5 Å². The Bertz CT molecular complexity index is 691. The number of aliphatic hydroxyl groups is 1. The van der Waals surface area contributed by atoms with Gasteiger partial charge in [-0.1, -0.05) is 18.2 Å². The molecular weight excluding hydrogens is 345 g/mol. The lowest BCUT2D eigenvalue weighted by atomic mass is 10.1. The molecule has 0 radical (unpaired) electrons. The zero-order valence-corrected chi connectivity index (χ0v) is 12.5. The quantitative estimate of drug-likeness (QED) is 0.653. The Kier molecular flexibility index (Phi) is 4.54. The van der Waals surface area contributed by atoms with Gasteiger partial charge in [-0.15, -0.1) is 0 Å². The van der Waals surface area contributed by atoms with Crippen LogP contribution in [-0.4, -0.2) is 10.0 Å². The summed E-state index contributed by atoms with van der Waals surface area (Å²) in [6.45, 7) is 1.45. The Morgan fingerprint density at radius 2 is 1.95 bits per heavy atom. The molecule has 0 aliphatic carbocycles. The van der Waals surface area contributed by atoms with E-state index in [0.717, 1.165) is 6.07 Å². The van der Waals surface area contributed by atoms with Gasteiger partial charge in [0.2, 0.25) is 5.75 Å². The Labute approximate surface area is 128 Å². The first-order valence-corrected chi connectivity index (χ1v) is 6.78. The molecule has 0 amide bonds. The van der Waals surface area contributed by atoms with Crippen LogP contribution in [0.3, 0.4) is 0 Å². The number of hydrogen-bond donors (Lipinski definition) is 1. The molecule has 0 unspecified atom stereocenters. The minimum absolute atomic E-state index is 0.116. The van der Waals surface area contributed by atoms with Crippen LogP contribution < -0.4 is 4.74 Å². The fourth-order valence-electron chi connectivity index (χ4n) is 1.81. The lowest BCUT2D eigenvalue weighted by molar-refractivity contribution is -0.385. The Balaban J connectivity index is 2.56. The highest BCUT2D eigenvalue weighted by Gasteiger charge is 2.22. The Morgan fingerprint density at radius 3 is 2.57 bits per heavy atom. The second-order valence-corrected chi connectivity index (χ2v) is 5.14. The highest BCUT2D eigenvalue weighted by molar-refractivity contribution is 9.10. The number of nitro groups is 1. The fourth-order valence-corrected chi connectivity index (χ4v) is 2.24. The first kappa shape index (κ1) is 15.4. The third-order valence-corrected chi connectivity index (χ3v) is 3.42. The number of nitrogens with zero attached hydrogens (tertiary/aromatic N) is 1. The molecule has 5 nitrogen and oxygen atoms in total. The van der Waals surface area contributed by atoms with E-state index in [0.29, 0.717) is 4.47 Å². The van der Waals surface area contributed by atoms with E-state index in [9.17, 15) is 19.6 Å². The average Bonchev–Trinajstić information content (AvgIpc) is 2.42. The van der Waals surface area contributed by atoms with Crippen LogP contribution in [0.4, 0.5) is 10.1 Å².